The molecule has 0 aromatic heterocycles. The van der Waals surface area contributed by atoms with E-state index in [-0.39, 0.29) is 5.82 Å². The number of nitrogens with zero attached hydrogens (tertiary/aromatic N) is 2. The highest BCUT2D eigenvalue weighted by Crippen LogP contribution is 2.66. The summed E-state index contributed by atoms with van der Waals surface area (Å²) in [5, 5.41) is 9.13. The number of amidine groups is 1. The number of aliphatic imine (C=N–C) groups is 1. The summed E-state index contributed by atoms with van der Waals surface area (Å²) in [6, 6.07) is 0. The van der Waals surface area contributed by atoms with Gasteiger partial charge in [-0.15, -0.1) is 23.2 Å². The van der Waals surface area contributed by atoms with Crippen molar-refractivity contribution in [3.05, 3.63) is 24.4 Å². The van der Waals surface area contributed by atoms with Gasteiger partial charge in [-0.1, -0.05) is 6.58 Å². The quantitative estimate of drug-likeness (QED) is 0.166. The van der Waals surface area contributed by atoms with Gasteiger partial charge in [0.25, 0.3) is 0 Å². The van der Waals surface area contributed by atoms with Crippen LogP contribution in [0.5, 0.6) is 0 Å². The maximum atomic E-state index is 13.8. The summed E-state index contributed by atoms with van der Waals surface area (Å²) in [5.41, 5.74) is 3.28. The Morgan fingerprint density at radius 2 is 1.88 bits per heavy atom. The molecule has 2 unspecified atom stereocenters. The molecule has 15 nitrogen and oxygen atoms in total. The number of aliphatic hydroxyl groups excluding tert-OH is 1. The lowest BCUT2D eigenvalue weighted by molar-refractivity contribution is -0.118. The van der Waals surface area contributed by atoms with Crippen molar-refractivity contribution in [1.29, 1.82) is 0 Å². The molecular formula is C11H17Cl2FN3O12P3. The lowest BCUT2D eigenvalue weighted by Crippen LogP contribution is -2.47. The lowest BCUT2D eigenvalue weighted by atomic mass is 10.00. The molecule has 2 heterocycles. The Balaban J connectivity index is 2.18. The number of alkyl halides is 2. The van der Waals surface area contributed by atoms with Crippen LogP contribution in [-0.2, 0) is 31.6 Å². The van der Waals surface area contributed by atoms with Crippen LogP contribution in [0.25, 0.3) is 0 Å². The van der Waals surface area contributed by atoms with E-state index in [1.54, 1.807) is 0 Å². The van der Waals surface area contributed by atoms with E-state index in [0.29, 0.717) is 0 Å². The predicted molar refractivity (Wildman–Crippen MR) is 106 cm³/mol. The number of rotatable bonds is 9. The molecule has 0 amide bonds. The third-order valence-electron chi connectivity index (χ3n) is 3.90. The number of ether oxygens (including phenoxy) is 1. The average Bonchev–Trinajstić information content (AvgIpc) is 2.85. The van der Waals surface area contributed by atoms with Crippen LogP contribution < -0.4 is 5.73 Å². The van der Waals surface area contributed by atoms with E-state index in [0.717, 1.165) is 11.1 Å². The fourth-order valence-corrected chi connectivity index (χ4v) is 6.30. The van der Waals surface area contributed by atoms with Crippen molar-refractivity contribution in [2.24, 2.45) is 10.7 Å². The summed E-state index contributed by atoms with van der Waals surface area (Å²) in [7, 11) is -16.9. The molecular weight excluding hydrogens is 549 g/mol. The first-order valence-corrected chi connectivity index (χ1v) is 13.4. The van der Waals surface area contributed by atoms with Gasteiger partial charge in [0.1, 0.15) is 22.9 Å². The number of phosphoric ester groups is 1. The molecule has 184 valence electrons. The summed E-state index contributed by atoms with van der Waals surface area (Å²) in [6.45, 7) is 2.44. The number of halogens is 3. The highest BCUT2D eigenvalue weighted by atomic mass is 35.5. The second-order valence-electron chi connectivity index (χ2n) is 6.26. The zero-order valence-corrected chi connectivity index (χ0v) is 19.7. The number of hydrogen-bond acceptors (Lipinski definition) is 11. The Labute approximate surface area is 189 Å². The summed E-state index contributed by atoms with van der Waals surface area (Å²) in [5.74, 6) is -2.23. The van der Waals surface area contributed by atoms with Crippen molar-refractivity contribution in [2.45, 2.75) is 23.3 Å². The Morgan fingerprint density at radius 3 is 2.41 bits per heavy atom. The van der Waals surface area contributed by atoms with Crippen LogP contribution in [-0.4, -0.2) is 71.2 Å². The average molecular weight is 566 g/mol. The zero-order valence-electron chi connectivity index (χ0n) is 15.5. The van der Waals surface area contributed by atoms with Gasteiger partial charge in [-0.05, 0) is 0 Å². The molecule has 0 spiro atoms. The maximum absolute atomic E-state index is 13.8. The van der Waals surface area contributed by atoms with Gasteiger partial charge in [0.15, 0.2) is 17.9 Å². The van der Waals surface area contributed by atoms with Crippen molar-refractivity contribution in [2.75, 3.05) is 12.5 Å². The fourth-order valence-electron chi connectivity index (χ4n) is 2.53. The fraction of sp³-hybridized carbons (Fsp3) is 0.545. The Bertz CT molecular complexity index is 977. The van der Waals surface area contributed by atoms with Crippen LogP contribution in [0.4, 0.5) is 4.39 Å². The smallest absolute Gasteiger partial charge is 0.388 e. The first-order valence-electron chi connectivity index (χ1n) is 7.95. The number of phosphoric acid groups is 3. The lowest BCUT2D eigenvalue weighted by Gasteiger charge is -2.33. The maximum Gasteiger partial charge on any atom is 0.490 e. The van der Waals surface area contributed by atoms with Crippen LogP contribution in [0.2, 0.25) is 0 Å². The third-order valence-corrected chi connectivity index (χ3v) is 8.59. The minimum Gasteiger partial charge on any atom is -0.388 e. The highest BCUT2D eigenvalue weighted by Gasteiger charge is 2.57. The van der Waals surface area contributed by atoms with E-state index < -0.39 is 70.9 Å². The van der Waals surface area contributed by atoms with E-state index in [2.05, 4.69) is 24.7 Å². The number of nitrogens with two attached hydrogens (primary N) is 1. The minimum atomic E-state index is -5.77. The van der Waals surface area contributed by atoms with Gasteiger partial charge >= 0.3 is 23.5 Å². The van der Waals surface area contributed by atoms with E-state index in [9.17, 15) is 33.0 Å². The van der Waals surface area contributed by atoms with Gasteiger partial charge in [-0.2, -0.15) is 8.62 Å². The normalized spacial score (nSPS) is 32.8. The largest absolute Gasteiger partial charge is 0.490 e. The Kier molecular flexibility index (Phi) is 8.42. The molecule has 0 saturated carbocycles. The molecule has 32 heavy (non-hydrogen) atoms. The molecule has 0 aliphatic carbocycles. The second-order valence-corrected chi connectivity index (χ2v) is 11.4. The first-order chi connectivity index (χ1) is 14.4. The molecule has 0 aromatic carbocycles. The topological polar surface area (TPSA) is 231 Å². The van der Waals surface area contributed by atoms with E-state index in [4.69, 9.17) is 43.5 Å². The molecule has 2 aliphatic heterocycles. The van der Waals surface area contributed by atoms with Crippen molar-refractivity contribution in [3.63, 3.8) is 0 Å². The van der Waals surface area contributed by atoms with Crippen molar-refractivity contribution < 1.29 is 60.6 Å². The molecule has 7 N–H and O–H groups in total. The first kappa shape index (κ1) is 27.8. The monoisotopic (exact) mass is 565 g/mol. The van der Waals surface area contributed by atoms with Gasteiger partial charge in [0.05, 0.1) is 12.5 Å². The van der Waals surface area contributed by atoms with Gasteiger partial charge in [-0.25, -0.2) is 23.1 Å². The summed E-state index contributed by atoms with van der Waals surface area (Å²) >= 11 is 12.0. The Morgan fingerprint density at radius 1 is 1.28 bits per heavy atom. The SMILES string of the molecule is C=C1N=C(N)C(F)=CN1[C@@H]1O[C@](CCl)(COP(=O)(O)OP(=O)(O)OP(=O)(O)O)[C@@H](O)[C@H]1Cl. The van der Waals surface area contributed by atoms with Crippen molar-refractivity contribution >= 4 is 52.5 Å². The molecule has 0 aromatic rings. The van der Waals surface area contributed by atoms with Gasteiger partial charge < -0.3 is 40.1 Å². The molecule has 6 atom stereocenters. The summed E-state index contributed by atoms with van der Waals surface area (Å²) in [6.07, 6.45) is -2.29. The van der Waals surface area contributed by atoms with E-state index in [1.807, 2.05) is 0 Å². The third kappa shape index (κ3) is 6.59. The standard InChI is InChI=1S/C11H17Cl2FN3O12P3/c1-5-16-9(15)6(14)2-17(5)10-7(13)8(18)11(3-12,27-10)4-26-31(22,23)29-32(24,25)28-30(19,20)21/h2,7-8,10,18H,1,3-4H2,(H2,15,16)(H,22,23)(H,24,25)(H2,19,20,21)/t7-,8+,10-,11-/m1/s1. The molecule has 0 bridgehead atoms. The molecule has 1 fully saturated rings. The van der Waals surface area contributed by atoms with E-state index >= 15 is 0 Å². The minimum absolute atomic E-state index is 0.134. The van der Waals surface area contributed by atoms with Gasteiger partial charge in [0.2, 0.25) is 0 Å². The van der Waals surface area contributed by atoms with Crippen LogP contribution in [0.3, 0.4) is 0 Å². The van der Waals surface area contributed by atoms with Crippen LogP contribution in [0, 0.1) is 0 Å². The van der Waals surface area contributed by atoms with E-state index in [1.165, 1.54) is 0 Å². The van der Waals surface area contributed by atoms with Crippen molar-refractivity contribution in [1.82, 2.24) is 4.90 Å². The second kappa shape index (κ2) is 9.68. The number of hydrogen-bond donors (Lipinski definition) is 6. The van der Waals surface area contributed by atoms with Gasteiger partial charge in [-0.3, -0.25) is 4.52 Å². The van der Waals surface area contributed by atoms with Crippen molar-refractivity contribution in [3.8, 4) is 0 Å². The predicted octanol–water partition coefficient (Wildman–Crippen LogP) is 0.587. The molecule has 2 aliphatic rings. The van der Waals surface area contributed by atoms with Crippen LogP contribution >= 0.6 is 46.7 Å². The van der Waals surface area contributed by atoms with Crippen LogP contribution in [0.15, 0.2) is 29.4 Å². The molecule has 0 radical (unpaired) electrons. The van der Waals surface area contributed by atoms with Crippen LogP contribution in [0.1, 0.15) is 0 Å². The Hall–Kier alpha value is -0.410. The molecule has 2 rings (SSSR count). The highest BCUT2D eigenvalue weighted by molar-refractivity contribution is 7.66. The van der Waals surface area contributed by atoms with Gasteiger partial charge in [0, 0.05) is 6.20 Å². The molecule has 21 heteroatoms. The summed E-state index contributed by atoms with van der Waals surface area (Å²) < 4.78 is 65.1. The zero-order chi connectivity index (χ0) is 24.7. The summed E-state index contributed by atoms with van der Waals surface area (Å²) in [4.78, 5) is 40.4. The molecule has 1 saturated heterocycles. The number of aliphatic hydroxyl groups is 1.